The summed E-state index contributed by atoms with van der Waals surface area (Å²) in [7, 11) is 0. The largest absolute Gasteiger partial charge is 0.457 e. The molecule has 6 heteroatoms. The first-order chi connectivity index (χ1) is 13.6. The third kappa shape index (κ3) is 3.24. The van der Waals surface area contributed by atoms with Gasteiger partial charge in [-0.3, -0.25) is 4.79 Å². The van der Waals surface area contributed by atoms with E-state index in [4.69, 9.17) is 17.0 Å². The average Bonchev–Trinajstić information content (AvgIpc) is 2.98. The molecule has 0 aromatic heterocycles. The lowest BCUT2D eigenvalue weighted by Crippen LogP contribution is -2.66. The topological polar surface area (TPSA) is 53.0 Å². The molecule has 6 fully saturated rings. The molecule has 0 aromatic carbocycles. The molecule has 3 aliphatic heterocycles. The van der Waals surface area contributed by atoms with Gasteiger partial charge in [0.15, 0.2) is 5.11 Å². The van der Waals surface area contributed by atoms with Gasteiger partial charge < -0.3 is 19.6 Å². The van der Waals surface area contributed by atoms with Crippen LogP contribution in [0, 0.1) is 17.8 Å². The second-order valence-electron chi connectivity index (χ2n) is 9.89. The summed E-state index contributed by atoms with van der Waals surface area (Å²) in [5.41, 5.74) is 0. The van der Waals surface area contributed by atoms with E-state index in [0.717, 1.165) is 18.2 Å². The van der Waals surface area contributed by atoms with Gasteiger partial charge in [0.05, 0.1) is 24.1 Å². The van der Waals surface area contributed by atoms with Gasteiger partial charge in [0.2, 0.25) is 0 Å². The highest BCUT2D eigenvalue weighted by molar-refractivity contribution is 7.80. The maximum Gasteiger partial charge on any atom is 0.311 e. The van der Waals surface area contributed by atoms with E-state index in [0.29, 0.717) is 18.3 Å². The zero-order valence-electron chi connectivity index (χ0n) is 16.8. The van der Waals surface area contributed by atoms with Gasteiger partial charge >= 0.3 is 5.97 Å². The molecule has 0 amide bonds. The lowest BCUT2D eigenvalue weighted by Gasteiger charge is -2.49. The Bertz CT molecular complexity index is 617. The molecule has 1 N–H and O–H groups in total. The minimum atomic E-state index is -0.546. The van der Waals surface area contributed by atoms with Crippen molar-refractivity contribution in [2.24, 2.45) is 17.8 Å². The summed E-state index contributed by atoms with van der Waals surface area (Å²) in [6, 6.07) is 0.150. The Hall–Kier alpha value is -0.880. The van der Waals surface area contributed by atoms with E-state index < -0.39 is 12.2 Å². The predicted molar refractivity (Wildman–Crippen MR) is 111 cm³/mol. The Labute approximate surface area is 173 Å². The molecule has 0 spiro atoms. The molecular weight excluding hydrogens is 372 g/mol. The minimum Gasteiger partial charge on any atom is -0.457 e. The highest BCUT2D eigenvalue weighted by Gasteiger charge is 2.62. The maximum absolute atomic E-state index is 12.6. The number of esters is 1. The molecule has 2 bridgehead atoms. The molecule has 6 rings (SSSR count). The number of rotatable bonds is 4. The number of aliphatic hydroxyl groups excluding tert-OH is 1. The van der Waals surface area contributed by atoms with Crippen molar-refractivity contribution in [3.05, 3.63) is 0 Å². The third-order valence-corrected chi connectivity index (χ3v) is 8.57. The van der Waals surface area contributed by atoms with Crippen LogP contribution in [0.5, 0.6) is 0 Å². The summed E-state index contributed by atoms with van der Waals surface area (Å²) in [5.74, 6) is 1.01. The van der Waals surface area contributed by atoms with Gasteiger partial charge in [0.25, 0.3) is 0 Å². The van der Waals surface area contributed by atoms with Crippen LogP contribution in [0.3, 0.4) is 0 Å². The van der Waals surface area contributed by atoms with Crippen LogP contribution >= 0.6 is 12.2 Å². The second-order valence-corrected chi connectivity index (χ2v) is 10.3. The SMILES string of the molecule is O=C1O[C@@H]2[C@H]3[C@@H]([C@H]1C[C@H]2O)N(CC1CCCCC1)C(=S)N3CC1CCCCC1. The van der Waals surface area contributed by atoms with Crippen molar-refractivity contribution < 1.29 is 14.6 Å². The van der Waals surface area contributed by atoms with Gasteiger partial charge in [-0.25, -0.2) is 0 Å². The van der Waals surface area contributed by atoms with Crippen LogP contribution in [0.25, 0.3) is 0 Å². The molecule has 5 nitrogen and oxygen atoms in total. The number of fused-ring (bicyclic) bond motifs is 2. The summed E-state index contributed by atoms with van der Waals surface area (Å²) in [6.45, 7) is 1.95. The summed E-state index contributed by atoms with van der Waals surface area (Å²) in [6.07, 6.45) is 12.6. The molecule has 156 valence electrons. The molecule has 0 radical (unpaired) electrons. The van der Waals surface area contributed by atoms with Crippen LogP contribution in [-0.2, 0) is 9.53 Å². The number of carbonyl (C=O) groups is 1. The van der Waals surface area contributed by atoms with E-state index in [9.17, 15) is 9.90 Å². The summed E-state index contributed by atoms with van der Waals surface area (Å²) in [5, 5.41) is 11.5. The molecule has 28 heavy (non-hydrogen) atoms. The van der Waals surface area contributed by atoms with Crippen molar-refractivity contribution in [3.63, 3.8) is 0 Å². The Morgan fingerprint density at radius 3 is 2.00 bits per heavy atom. The van der Waals surface area contributed by atoms with Gasteiger partial charge in [-0.1, -0.05) is 38.5 Å². The fourth-order valence-corrected chi connectivity index (χ4v) is 7.07. The van der Waals surface area contributed by atoms with Crippen molar-refractivity contribution in [1.29, 1.82) is 0 Å². The minimum absolute atomic E-state index is 0.0458. The Balaban J connectivity index is 1.41. The van der Waals surface area contributed by atoms with E-state index in [1.165, 1.54) is 64.2 Å². The molecule has 3 aliphatic carbocycles. The standard InChI is InChI=1S/C22H34N2O3S/c25-17-11-16-18-19(20(17)27-21(16)26)24(13-15-9-5-2-6-10-15)22(28)23(18)12-14-7-3-1-4-8-14/h14-20,25H,1-13H2/t16-,17-,18-,19-,20+/m1/s1. The molecule has 3 saturated carbocycles. The van der Waals surface area contributed by atoms with Crippen LogP contribution in [0.2, 0.25) is 0 Å². The van der Waals surface area contributed by atoms with Gasteiger partial charge in [-0.15, -0.1) is 0 Å². The van der Waals surface area contributed by atoms with Crippen LogP contribution in [0.4, 0.5) is 0 Å². The number of thiocarbonyl (C=S) groups is 1. The zero-order chi connectivity index (χ0) is 19.3. The summed E-state index contributed by atoms with van der Waals surface area (Å²) in [4.78, 5) is 17.3. The van der Waals surface area contributed by atoms with Crippen LogP contribution in [0.1, 0.15) is 70.6 Å². The average molecular weight is 407 g/mol. The van der Waals surface area contributed by atoms with Crippen molar-refractivity contribution in [1.82, 2.24) is 9.80 Å². The Morgan fingerprint density at radius 1 is 0.893 bits per heavy atom. The van der Waals surface area contributed by atoms with E-state index >= 15 is 0 Å². The lowest BCUT2D eigenvalue weighted by molar-refractivity contribution is -0.199. The van der Waals surface area contributed by atoms with Crippen molar-refractivity contribution in [3.8, 4) is 0 Å². The number of carbonyl (C=O) groups excluding carboxylic acids is 1. The van der Waals surface area contributed by atoms with Crippen LogP contribution in [-0.4, -0.2) is 63.4 Å². The second kappa shape index (κ2) is 7.75. The quantitative estimate of drug-likeness (QED) is 0.572. The van der Waals surface area contributed by atoms with Crippen LogP contribution < -0.4 is 0 Å². The number of hydrogen-bond donors (Lipinski definition) is 1. The lowest BCUT2D eigenvalue weighted by atomic mass is 9.74. The zero-order valence-corrected chi connectivity index (χ0v) is 17.6. The van der Waals surface area contributed by atoms with E-state index in [-0.39, 0.29) is 24.0 Å². The van der Waals surface area contributed by atoms with Gasteiger partial charge in [-0.2, -0.15) is 0 Å². The van der Waals surface area contributed by atoms with Crippen LogP contribution in [0.15, 0.2) is 0 Å². The first-order valence-electron chi connectivity index (χ1n) is 11.6. The summed E-state index contributed by atoms with van der Waals surface area (Å²) >= 11 is 6.03. The molecule has 0 unspecified atom stereocenters. The molecule has 3 saturated heterocycles. The van der Waals surface area contributed by atoms with Crippen molar-refractivity contribution in [2.45, 2.75) is 94.9 Å². The van der Waals surface area contributed by atoms with E-state index in [2.05, 4.69) is 9.80 Å². The number of aliphatic hydroxyl groups is 1. The monoisotopic (exact) mass is 406 g/mol. The normalized spacial score (nSPS) is 39.4. The Morgan fingerprint density at radius 2 is 1.43 bits per heavy atom. The van der Waals surface area contributed by atoms with E-state index in [1.54, 1.807) is 0 Å². The number of nitrogens with zero attached hydrogens (tertiary/aromatic N) is 2. The molecule has 6 aliphatic rings. The number of ether oxygens (including phenoxy) is 1. The van der Waals surface area contributed by atoms with Crippen molar-refractivity contribution in [2.75, 3.05) is 13.1 Å². The fourth-order valence-electron chi connectivity index (χ4n) is 6.68. The Kier molecular flexibility index (Phi) is 5.29. The molecular formula is C22H34N2O3S. The molecule has 5 atom stereocenters. The van der Waals surface area contributed by atoms with Gasteiger partial charge in [0.1, 0.15) is 6.10 Å². The van der Waals surface area contributed by atoms with Gasteiger partial charge in [0, 0.05) is 13.1 Å². The fraction of sp³-hybridized carbons (Fsp3) is 0.909. The molecule has 0 aromatic rings. The molecule has 3 heterocycles. The highest BCUT2D eigenvalue weighted by atomic mass is 32.1. The predicted octanol–water partition coefficient (Wildman–Crippen LogP) is 3.09. The first kappa shape index (κ1) is 19.1. The third-order valence-electron chi connectivity index (χ3n) is 8.10. The van der Waals surface area contributed by atoms with Gasteiger partial charge in [-0.05, 0) is 56.2 Å². The maximum atomic E-state index is 12.6. The summed E-state index contributed by atoms with van der Waals surface area (Å²) < 4.78 is 5.70. The van der Waals surface area contributed by atoms with E-state index in [1.807, 2.05) is 0 Å². The first-order valence-corrected chi connectivity index (χ1v) is 12.0. The number of hydrogen-bond acceptors (Lipinski definition) is 4. The smallest absolute Gasteiger partial charge is 0.311 e. The highest BCUT2D eigenvalue weighted by Crippen LogP contribution is 2.45. The van der Waals surface area contributed by atoms with Crippen molar-refractivity contribution >= 4 is 23.3 Å².